The largest absolute Gasteiger partial charge is 0.467 e. The van der Waals surface area contributed by atoms with Crippen LogP contribution < -0.4 is 0 Å². The maximum Gasteiger partial charge on any atom is 0.236 e. The van der Waals surface area contributed by atoms with E-state index in [0.717, 1.165) is 31.7 Å². The normalized spacial score (nSPS) is 18.9. The van der Waals surface area contributed by atoms with Crippen LogP contribution >= 0.6 is 0 Å². The van der Waals surface area contributed by atoms with Gasteiger partial charge in [0, 0.05) is 13.1 Å². The summed E-state index contributed by atoms with van der Waals surface area (Å²) in [4.78, 5) is 20.5. The van der Waals surface area contributed by atoms with E-state index in [2.05, 4.69) is 15.0 Å². The van der Waals surface area contributed by atoms with E-state index in [1.54, 1.807) is 23.8 Å². The fourth-order valence-corrected chi connectivity index (χ4v) is 3.04. The minimum absolute atomic E-state index is 0.117. The number of carbonyl (C=O) groups is 1. The molecule has 0 N–H and O–H groups in total. The number of furan rings is 1. The lowest BCUT2D eigenvalue weighted by Crippen LogP contribution is -2.47. The number of hydrogen-bond donors (Lipinski definition) is 0. The van der Waals surface area contributed by atoms with Crippen LogP contribution in [0.25, 0.3) is 0 Å². The Bertz CT molecular complexity index is 596. The van der Waals surface area contributed by atoms with E-state index in [1.807, 2.05) is 23.9 Å². The van der Waals surface area contributed by atoms with Gasteiger partial charge in [-0.05, 0) is 31.5 Å². The van der Waals surface area contributed by atoms with Crippen molar-refractivity contribution in [2.24, 2.45) is 0 Å². The molecule has 7 heteroatoms. The monoisotopic (exact) mass is 317 g/mol. The second-order valence-electron chi connectivity index (χ2n) is 6.07. The summed E-state index contributed by atoms with van der Waals surface area (Å²) in [6.07, 6.45) is 8.35. The SMILES string of the molecule is CN(Cc1ccco1)C(=O)CN1CCCC[C@@H]1Cn1cncn1. The topological polar surface area (TPSA) is 67.4 Å². The molecule has 2 aromatic heterocycles. The van der Waals surface area contributed by atoms with Crippen molar-refractivity contribution < 1.29 is 9.21 Å². The average molecular weight is 317 g/mol. The van der Waals surface area contributed by atoms with Gasteiger partial charge in [-0.15, -0.1) is 0 Å². The fraction of sp³-hybridized carbons (Fsp3) is 0.562. The van der Waals surface area contributed by atoms with Crippen LogP contribution in [0, 0.1) is 0 Å². The first kappa shape index (κ1) is 15.7. The molecule has 0 aromatic carbocycles. The molecule has 1 atom stereocenters. The standard InChI is InChI=1S/C16H23N5O2/c1-19(10-15-6-4-8-23-15)16(22)11-20-7-3-2-5-14(20)9-21-13-17-12-18-21/h4,6,8,12-14H,2-3,5,7,9-11H2,1H3/t14-/m1/s1. The second kappa shape index (κ2) is 7.41. The van der Waals surface area contributed by atoms with Gasteiger partial charge < -0.3 is 9.32 Å². The van der Waals surface area contributed by atoms with E-state index in [0.29, 0.717) is 19.1 Å². The maximum absolute atomic E-state index is 12.5. The van der Waals surface area contributed by atoms with Crippen LogP contribution in [0.1, 0.15) is 25.0 Å². The summed E-state index contributed by atoms with van der Waals surface area (Å²) in [6.45, 7) is 2.69. The number of nitrogens with zero attached hydrogens (tertiary/aromatic N) is 5. The molecule has 0 saturated carbocycles. The van der Waals surface area contributed by atoms with Crippen LogP contribution in [0.4, 0.5) is 0 Å². The summed E-state index contributed by atoms with van der Waals surface area (Å²) < 4.78 is 7.16. The van der Waals surface area contributed by atoms with Crippen LogP contribution in [-0.2, 0) is 17.9 Å². The Morgan fingerprint density at radius 3 is 3.13 bits per heavy atom. The molecule has 3 heterocycles. The molecule has 3 rings (SSSR count). The zero-order valence-electron chi connectivity index (χ0n) is 13.5. The molecule has 1 aliphatic heterocycles. The molecule has 124 valence electrons. The summed E-state index contributed by atoms with van der Waals surface area (Å²) in [5, 5.41) is 4.18. The van der Waals surface area contributed by atoms with Crippen molar-refractivity contribution in [3.63, 3.8) is 0 Å². The minimum Gasteiger partial charge on any atom is -0.467 e. The van der Waals surface area contributed by atoms with Crippen LogP contribution in [0.5, 0.6) is 0 Å². The molecule has 0 unspecified atom stereocenters. The molecular formula is C16H23N5O2. The van der Waals surface area contributed by atoms with E-state index in [9.17, 15) is 4.79 Å². The fourth-order valence-electron chi connectivity index (χ4n) is 3.04. The Kier molecular flexibility index (Phi) is 5.07. The second-order valence-corrected chi connectivity index (χ2v) is 6.07. The highest BCUT2D eigenvalue weighted by Gasteiger charge is 2.26. The number of amides is 1. The average Bonchev–Trinajstić information content (AvgIpc) is 3.23. The molecule has 7 nitrogen and oxygen atoms in total. The van der Waals surface area contributed by atoms with E-state index >= 15 is 0 Å². The Morgan fingerprint density at radius 2 is 2.39 bits per heavy atom. The zero-order valence-corrected chi connectivity index (χ0v) is 13.5. The van der Waals surface area contributed by atoms with E-state index in [4.69, 9.17) is 4.42 Å². The zero-order chi connectivity index (χ0) is 16.1. The molecule has 1 amide bonds. The molecule has 23 heavy (non-hydrogen) atoms. The quantitative estimate of drug-likeness (QED) is 0.805. The molecule has 1 fully saturated rings. The first-order valence-corrected chi connectivity index (χ1v) is 8.05. The molecule has 0 aliphatic carbocycles. The minimum atomic E-state index is 0.117. The summed E-state index contributed by atoms with van der Waals surface area (Å²) in [5.74, 6) is 0.922. The van der Waals surface area contributed by atoms with Gasteiger partial charge in [0.15, 0.2) is 0 Å². The Labute approximate surface area is 135 Å². The number of carbonyl (C=O) groups excluding carboxylic acids is 1. The van der Waals surface area contributed by atoms with Crippen molar-refractivity contribution >= 4 is 5.91 Å². The number of likely N-dealkylation sites (N-methyl/N-ethyl adjacent to an activating group) is 1. The van der Waals surface area contributed by atoms with Gasteiger partial charge in [0.05, 0.1) is 25.9 Å². The van der Waals surface area contributed by atoms with Gasteiger partial charge in [0.1, 0.15) is 18.4 Å². The van der Waals surface area contributed by atoms with Crippen LogP contribution in [-0.4, -0.2) is 56.7 Å². The molecule has 0 bridgehead atoms. The van der Waals surface area contributed by atoms with Gasteiger partial charge in [0.2, 0.25) is 5.91 Å². The van der Waals surface area contributed by atoms with Crippen LogP contribution in [0.2, 0.25) is 0 Å². The predicted molar refractivity (Wildman–Crippen MR) is 84.4 cm³/mol. The first-order valence-electron chi connectivity index (χ1n) is 8.05. The number of aromatic nitrogens is 3. The van der Waals surface area contributed by atoms with Crippen molar-refractivity contribution in [1.82, 2.24) is 24.6 Å². The highest BCUT2D eigenvalue weighted by molar-refractivity contribution is 5.78. The molecule has 1 saturated heterocycles. The summed E-state index contributed by atoms with van der Waals surface area (Å²) in [7, 11) is 1.82. The van der Waals surface area contributed by atoms with Crippen molar-refractivity contribution in [3.05, 3.63) is 36.8 Å². The van der Waals surface area contributed by atoms with Gasteiger partial charge in [-0.25, -0.2) is 4.98 Å². The third-order valence-corrected chi connectivity index (χ3v) is 4.35. The molecule has 0 radical (unpaired) electrons. The number of piperidine rings is 1. The van der Waals surface area contributed by atoms with Crippen molar-refractivity contribution in [2.75, 3.05) is 20.1 Å². The van der Waals surface area contributed by atoms with Gasteiger partial charge in [0.25, 0.3) is 0 Å². The lowest BCUT2D eigenvalue weighted by molar-refractivity contribution is -0.133. The van der Waals surface area contributed by atoms with E-state index in [-0.39, 0.29) is 5.91 Å². The lowest BCUT2D eigenvalue weighted by atomic mass is 10.0. The van der Waals surface area contributed by atoms with Crippen LogP contribution in [0.15, 0.2) is 35.5 Å². The van der Waals surface area contributed by atoms with Gasteiger partial charge in [-0.2, -0.15) is 5.10 Å². The van der Waals surface area contributed by atoms with E-state index in [1.165, 1.54) is 6.42 Å². The first-order chi connectivity index (χ1) is 11.2. The van der Waals surface area contributed by atoms with Crippen molar-refractivity contribution in [3.8, 4) is 0 Å². The van der Waals surface area contributed by atoms with Crippen LogP contribution in [0.3, 0.4) is 0 Å². The number of hydrogen-bond acceptors (Lipinski definition) is 5. The summed E-state index contributed by atoms with van der Waals surface area (Å²) in [5.41, 5.74) is 0. The molecule has 2 aromatic rings. The van der Waals surface area contributed by atoms with Crippen molar-refractivity contribution in [1.29, 1.82) is 0 Å². The molecule has 1 aliphatic rings. The number of likely N-dealkylation sites (tertiary alicyclic amines) is 1. The number of rotatable bonds is 6. The summed E-state index contributed by atoms with van der Waals surface area (Å²) >= 11 is 0. The molecular weight excluding hydrogens is 294 g/mol. The van der Waals surface area contributed by atoms with Gasteiger partial charge in [-0.1, -0.05) is 6.42 Å². The van der Waals surface area contributed by atoms with Gasteiger partial charge >= 0.3 is 0 Å². The van der Waals surface area contributed by atoms with Crippen molar-refractivity contribution in [2.45, 2.75) is 38.4 Å². The van der Waals surface area contributed by atoms with E-state index < -0.39 is 0 Å². The maximum atomic E-state index is 12.5. The lowest BCUT2D eigenvalue weighted by Gasteiger charge is -2.35. The smallest absolute Gasteiger partial charge is 0.236 e. The Balaban J connectivity index is 1.56. The summed E-state index contributed by atoms with van der Waals surface area (Å²) in [6, 6.07) is 4.07. The Hall–Kier alpha value is -2.15. The third-order valence-electron chi connectivity index (χ3n) is 4.35. The molecule has 0 spiro atoms. The highest BCUT2D eigenvalue weighted by atomic mass is 16.3. The third kappa shape index (κ3) is 4.19. The Morgan fingerprint density at radius 1 is 1.48 bits per heavy atom. The highest BCUT2D eigenvalue weighted by Crippen LogP contribution is 2.18. The predicted octanol–water partition coefficient (Wildman–Crippen LogP) is 1.38. The van der Waals surface area contributed by atoms with Gasteiger partial charge in [-0.3, -0.25) is 14.4 Å².